The summed E-state index contributed by atoms with van der Waals surface area (Å²) in [6, 6.07) is 1.80. The molecule has 2 heterocycles. The third-order valence-corrected chi connectivity index (χ3v) is 1.80. The molecular weight excluding hydrogens is 192 g/mol. The van der Waals surface area contributed by atoms with Gasteiger partial charge in [-0.3, -0.25) is 9.89 Å². The Bertz CT molecular complexity index is 561. The van der Waals surface area contributed by atoms with Gasteiger partial charge >= 0.3 is 0 Å². The van der Waals surface area contributed by atoms with Crippen LogP contribution in [0.3, 0.4) is 0 Å². The van der Waals surface area contributed by atoms with Crippen LogP contribution in [0.1, 0.15) is 12.1 Å². The molecule has 0 aliphatic rings. The largest absolute Gasteiger partial charge is 0.369 e. The van der Waals surface area contributed by atoms with Gasteiger partial charge in [0.2, 0.25) is 5.91 Å². The first kappa shape index (κ1) is 9.21. The Balaban J connectivity index is 2.27. The highest BCUT2D eigenvalue weighted by atomic mass is 16.1. The van der Waals surface area contributed by atoms with Crippen molar-refractivity contribution in [2.45, 2.75) is 6.42 Å². The van der Waals surface area contributed by atoms with Crippen molar-refractivity contribution in [1.29, 1.82) is 0 Å². The number of hydrogen-bond donors (Lipinski definition) is 2. The molecule has 0 atom stereocenters. The number of primary amides is 1. The number of carbonyl (C=O) groups excluding carboxylic acids is 1. The second-order valence-electron chi connectivity index (χ2n) is 2.97. The zero-order chi connectivity index (χ0) is 10.7. The van der Waals surface area contributed by atoms with E-state index in [0.29, 0.717) is 5.69 Å². The van der Waals surface area contributed by atoms with Crippen LogP contribution in [0.5, 0.6) is 0 Å². The molecule has 0 bridgehead atoms. The Labute approximate surface area is 85.7 Å². The highest BCUT2D eigenvalue weighted by Gasteiger charge is 1.96. The number of nitrogens with two attached hydrogens (primary N) is 1. The number of aromatic nitrogens is 3. The molecule has 0 aliphatic carbocycles. The third-order valence-electron chi connectivity index (χ3n) is 1.80. The van der Waals surface area contributed by atoms with Crippen LogP contribution in [-0.2, 0) is 4.79 Å². The first-order valence-electron chi connectivity index (χ1n) is 4.32. The fourth-order valence-corrected chi connectivity index (χ4v) is 1.13. The van der Waals surface area contributed by atoms with E-state index in [1.165, 1.54) is 0 Å². The van der Waals surface area contributed by atoms with Crippen molar-refractivity contribution < 1.29 is 4.79 Å². The summed E-state index contributed by atoms with van der Waals surface area (Å²) in [6.45, 7) is 0. The third kappa shape index (κ3) is 2.11. The lowest BCUT2D eigenvalue weighted by molar-refractivity contribution is -0.117. The van der Waals surface area contributed by atoms with Gasteiger partial charge in [0, 0.05) is 5.39 Å². The summed E-state index contributed by atoms with van der Waals surface area (Å²) >= 11 is 0. The number of pyridine rings is 1. The summed E-state index contributed by atoms with van der Waals surface area (Å²) in [5.74, 6) is 4.96. The number of hydrogen-bond acceptors (Lipinski definition) is 3. The van der Waals surface area contributed by atoms with Crippen molar-refractivity contribution in [3.05, 3.63) is 24.2 Å². The molecule has 2 aromatic rings. The molecule has 2 rings (SSSR count). The van der Waals surface area contributed by atoms with E-state index in [9.17, 15) is 4.79 Å². The van der Waals surface area contributed by atoms with Crippen LogP contribution in [0.4, 0.5) is 0 Å². The molecule has 0 aromatic carbocycles. The highest BCUT2D eigenvalue weighted by Crippen LogP contribution is 2.08. The average molecular weight is 200 g/mol. The molecule has 0 aliphatic heterocycles. The van der Waals surface area contributed by atoms with Crippen molar-refractivity contribution in [2.75, 3.05) is 0 Å². The van der Waals surface area contributed by atoms with Crippen LogP contribution in [-0.4, -0.2) is 21.1 Å². The van der Waals surface area contributed by atoms with E-state index >= 15 is 0 Å². The lowest BCUT2D eigenvalue weighted by Gasteiger charge is -1.89. The minimum Gasteiger partial charge on any atom is -0.369 e. The summed E-state index contributed by atoms with van der Waals surface area (Å²) in [7, 11) is 0. The molecule has 0 spiro atoms. The van der Waals surface area contributed by atoms with E-state index in [0.717, 1.165) is 10.9 Å². The Hall–Kier alpha value is -2.35. The van der Waals surface area contributed by atoms with E-state index in [1.807, 2.05) is 0 Å². The number of nitrogens with one attached hydrogen (secondary N) is 1. The topological polar surface area (TPSA) is 84.7 Å². The van der Waals surface area contributed by atoms with Crippen molar-refractivity contribution >= 4 is 16.8 Å². The average Bonchev–Trinajstić information content (AvgIpc) is 2.64. The van der Waals surface area contributed by atoms with Gasteiger partial charge in [-0.1, -0.05) is 5.92 Å². The first-order valence-corrected chi connectivity index (χ1v) is 4.32. The molecule has 5 nitrogen and oxygen atoms in total. The summed E-state index contributed by atoms with van der Waals surface area (Å²) in [5, 5.41) is 7.59. The van der Waals surface area contributed by atoms with Gasteiger partial charge in [0.15, 0.2) is 0 Å². The van der Waals surface area contributed by atoms with Gasteiger partial charge in [0.05, 0.1) is 24.3 Å². The lowest BCUT2D eigenvalue weighted by atomic mass is 10.2. The van der Waals surface area contributed by atoms with E-state index in [4.69, 9.17) is 5.73 Å². The number of rotatable bonds is 1. The van der Waals surface area contributed by atoms with Crippen LogP contribution in [0.15, 0.2) is 18.5 Å². The van der Waals surface area contributed by atoms with Crippen molar-refractivity contribution in [2.24, 2.45) is 5.73 Å². The molecule has 74 valence electrons. The molecule has 0 saturated carbocycles. The van der Waals surface area contributed by atoms with E-state index in [-0.39, 0.29) is 6.42 Å². The second-order valence-corrected chi connectivity index (χ2v) is 2.97. The lowest BCUT2D eigenvalue weighted by Crippen LogP contribution is -2.08. The number of amides is 1. The molecule has 5 heteroatoms. The van der Waals surface area contributed by atoms with Crippen LogP contribution >= 0.6 is 0 Å². The standard InChI is InChI=1S/C10H8N4O/c11-10(15)3-1-2-8-4-7-5-13-14-9(7)6-12-8/h4-6H,3H2,(H2,11,15)(H,13,14). The van der Waals surface area contributed by atoms with Gasteiger partial charge in [-0.2, -0.15) is 5.10 Å². The normalized spacial score (nSPS) is 9.60. The zero-order valence-corrected chi connectivity index (χ0v) is 7.82. The fourth-order valence-electron chi connectivity index (χ4n) is 1.13. The predicted molar refractivity (Wildman–Crippen MR) is 54.6 cm³/mol. The van der Waals surface area contributed by atoms with Crippen molar-refractivity contribution in [3.8, 4) is 11.8 Å². The highest BCUT2D eigenvalue weighted by molar-refractivity contribution is 5.78. The van der Waals surface area contributed by atoms with E-state index in [2.05, 4.69) is 27.0 Å². The van der Waals surface area contributed by atoms with Crippen LogP contribution in [0.2, 0.25) is 0 Å². The monoisotopic (exact) mass is 200 g/mol. The number of nitrogens with zero attached hydrogens (tertiary/aromatic N) is 2. The maximum Gasteiger partial charge on any atom is 0.229 e. The summed E-state index contributed by atoms with van der Waals surface area (Å²) in [5.41, 5.74) is 6.41. The van der Waals surface area contributed by atoms with Crippen LogP contribution in [0, 0.1) is 11.8 Å². The van der Waals surface area contributed by atoms with Crippen LogP contribution in [0.25, 0.3) is 10.9 Å². The van der Waals surface area contributed by atoms with Crippen molar-refractivity contribution in [3.63, 3.8) is 0 Å². The summed E-state index contributed by atoms with van der Waals surface area (Å²) < 4.78 is 0. The number of carbonyl (C=O) groups is 1. The molecule has 0 unspecified atom stereocenters. The van der Waals surface area contributed by atoms with E-state index < -0.39 is 5.91 Å². The molecule has 1 amide bonds. The SMILES string of the molecule is NC(=O)CC#Cc1cc2cn[nH]c2cn1. The molecule has 3 N–H and O–H groups in total. The summed E-state index contributed by atoms with van der Waals surface area (Å²) in [4.78, 5) is 14.5. The van der Waals surface area contributed by atoms with Gasteiger partial charge in [-0.05, 0) is 12.0 Å². The van der Waals surface area contributed by atoms with Gasteiger partial charge < -0.3 is 5.73 Å². The minimum absolute atomic E-state index is 0.0467. The Morgan fingerprint density at radius 1 is 1.53 bits per heavy atom. The molecule has 0 radical (unpaired) electrons. The first-order chi connectivity index (χ1) is 7.25. The molecule has 15 heavy (non-hydrogen) atoms. The molecule has 0 fully saturated rings. The number of aromatic amines is 1. The zero-order valence-electron chi connectivity index (χ0n) is 7.82. The van der Waals surface area contributed by atoms with Gasteiger partial charge in [-0.25, -0.2) is 4.98 Å². The molecule has 0 saturated heterocycles. The predicted octanol–water partition coefficient (Wildman–Crippen LogP) is 0.185. The van der Waals surface area contributed by atoms with Gasteiger partial charge in [-0.15, -0.1) is 0 Å². The second kappa shape index (κ2) is 3.80. The fraction of sp³-hybridized carbons (Fsp3) is 0.100. The molecular formula is C10H8N4O. The minimum atomic E-state index is -0.438. The quantitative estimate of drug-likeness (QED) is 0.644. The molecule has 2 aromatic heterocycles. The smallest absolute Gasteiger partial charge is 0.229 e. The van der Waals surface area contributed by atoms with E-state index in [1.54, 1.807) is 18.5 Å². The maximum absolute atomic E-state index is 10.4. The number of fused-ring (bicyclic) bond motifs is 1. The van der Waals surface area contributed by atoms with Gasteiger partial charge in [0.1, 0.15) is 5.69 Å². The Kier molecular flexibility index (Phi) is 2.33. The van der Waals surface area contributed by atoms with Crippen molar-refractivity contribution in [1.82, 2.24) is 15.2 Å². The Morgan fingerprint density at radius 2 is 2.40 bits per heavy atom. The van der Waals surface area contributed by atoms with Gasteiger partial charge in [0.25, 0.3) is 0 Å². The summed E-state index contributed by atoms with van der Waals surface area (Å²) in [6.07, 6.45) is 3.39. The number of H-pyrrole nitrogens is 1. The van der Waals surface area contributed by atoms with Crippen LogP contribution < -0.4 is 5.73 Å². The maximum atomic E-state index is 10.4. The Morgan fingerprint density at radius 3 is 3.20 bits per heavy atom.